The molecule has 1 aromatic rings. The second-order valence-electron chi connectivity index (χ2n) is 5.19. The van der Waals surface area contributed by atoms with Crippen molar-refractivity contribution in [2.24, 2.45) is 0 Å². The minimum Gasteiger partial charge on any atom is -0.352 e. The fourth-order valence-electron chi connectivity index (χ4n) is 1.82. The molecule has 0 saturated heterocycles. The van der Waals surface area contributed by atoms with Crippen molar-refractivity contribution >= 4 is 40.7 Å². The molecule has 1 saturated carbocycles. The number of halogens is 2. The number of likely N-dealkylation sites (N-methyl/N-ethyl adjacent to an activating group) is 1. The molecule has 0 radical (unpaired) electrons. The summed E-state index contributed by atoms with van der Waals surface area (Å²) in [7, 11) is 1.72. The Balaban J connectivity index is 1.77. The molecule has 0 unspecified atom stereocenters. The summed E-state index contributed by atoms with van der Waals surface area (Å²) in [6.45, 7) is 0.323. The lowest BCUT2D eigenvalue weighted by atomic mass is 10.3. The maximum Gasteiger partial charge on any atom is 0.238 e. The molecule has 5 nitrogen and oxygen atoms in total. The highest BCUT2D eigenvalue weighted by Gasteiger charge is 2.23. The van der Waals surface area contributed by atoms with Gasteiger partial charge in [0.1, 0.15) is 0 Å². The molecule has 0 aromatic heterocycles. The standard InChI is InChI=1S/C14H17Cl2N3O2/c1-19(7-13(20)17-9-2-3-9)8-14(21)18-10-4-5-11(15)12(16)6-10/h4-6,9H,2-3,7-8H2,1H3,(H,17,20)(H,18,21). The number of nitrogens with zero attached hydrogens (tertiary/aromatic N) is 1. The Bertz CT molecular complexity index is 547. The first kappa shape index (κ1) is 16.1. The highest BCUT2D eigenvalue weighted by atomic mass is 35.5. The van der Waals surface area contributed by atoms with Crippen LogP contribution in [-0.4, -0.2) is 42.9 Å². The van der Waals surface area contributed by atoms with Crippen molar-refractivity contribution in [3.8, 4) is 0 Å². The van der Waals surface area contributed by atoms with Gasteiger partial charge in [-0.2, -0.15) is 0 Å². The van der Waals surface area contributed by atoms with E-state index in [0.29, 0.717) is 21.8 Å². The first-order valence-electron chi connectivity index (χ1n) is 6.67. The van der Waals surface area contributed by atoms with E-state index in [0.717, 1.165) is 12.8 Å². The lowest BCUT2D eigenvalue weighted by Gasteiger charge is -2.16. The van der Waals surface area contributed by atoms with Gasteiger partial charge in [0, 0.05) is 11.7 Å². The van der Waals surface area contributed by atoms with Gasteiger partial charge in [-0.3, -0.25) is 14.5 Å². The van der Waals surface area contributed by atoms with E-state index in [9.17, 15) is 9.59 Å². The molecule has 1 aliphatic carbocycles. The monoisotopic (exact) mass is 329 g/mol. The third-order valence-corrected chi connectivity index (χ3v) is 3.71. The van der Waals surface area contributed by atoms with Gasteiger partial charge >= 0.3 is 0 Å². The molecule has 0 bridgehead atoms. The molecule has 2 rings (SSSR count). The molecule has 0 spiro atoms. The summed E-state index contributed by atoms with van der Waals surface area (Å²) in [5, 5.41) is 6.40. The molecule has 1 fully saturated rings. The zero-order valence-corrected chi connectivity index (χ0v) is 13.2. The zero-order chi connectivity index (χ0) is 15.4. The third kappa shape index (κ3) is 5.53. The van der Waals surface area contributed by atoms with Crippen LogP contribution >= 0.6 is 23.2 Å². The van der Waals surface area contributed by atoms with Gasteiger partial charge in [-0.15, -0.1) is 0 Å². The van der Waals surface area contributed by atoms with E-state index in [-0.39, 0.29) is 24.9 Å². The van der Waals surface area contributed by atoms with E-state index in [1.54, 1.807) is 30.1 Å². The van der Waals surface area contributed by atoms with Crippen LogP contribution < -0.4 is 10.6 Å². The van der Waals surface area contributed by atoms with E-state index in [1.165, 1.54) is 0 Å². The van der Waals surface area contributed by atoms with Crippen molar-refractivity contribution in [3.63, 3.8) is 0 Å². The van der Waals surface area contributed by atoms with Crippen LogP contribution in [0.15, 0.2) is 18.2 Å². The molecule has 2 amide bonds. The Hall–Kier alpha value is -1.30. The number of benzene rings is 1. The minimum absolute atomic E-state index is 0.0534. The van der Waals surface area contributed by atoms with E-state index >= 15 is 0 Å². The van der Waals surface area contributed by atoms with Crippen molar-refractivity contribution < 1.29 is 9.59 Å². The largest absolute Gasteiger partial charge is 0.352 e. The van der Waals surface area contributed by atoms with Crippen molar-refractivity contribution in [2.45, 2.75) is 18.9 Å². The van der Waals surface area contributed by atoms with Crippen molar-refractivity contribution in [1.82, 2.24) is 10.2 Å². The maximum atomic E-state index is 11.9. The van der Waals surface area contributed by atoms with E-state index in [1.807, 2.05) is 0 Å². The summed E-state index contributed by atoms with van der Waals surface area (Å²) in [6, 6.07) is 5.20. The van der Waals surface area contributed by atoms with Crippen molar-refractivity contribution in [1.29, 1.82) is 0 Å². The number of amides is 2. The Morgan fingerprint density at radius 2 is 1.86 bits per heavy atom. The number of hydrogen-bond donors (Lipinski definition) is 2. The number of hydrogen-bond acceptors (Lipinski definition) is 3. The lowest BCUT2D eigenvalue weighted by Crippen LogP contribution is -2.39. The summed E-state index contributed by atoms with van der Waals surface area (Å²) in [5.41, 5.74) is 0.574. The van der Waals surface area contributed by atoms with Gasteiger partial charge < -0.3 is 10.6 Å². The zero-order valence-electron chi connectivity index (χ0n) is 11.7. The topological polar surface area (TPSA) is 61.4 Å². The molecule has 1 aliphatic rings. The van der Waals surface area contributed by atoms with E-state index < -0.39 is 0 Å². The van der Waals surface area contributed by atoms with Crippen LogP contribution in [0.25, 0.3) is 0 Å². The summed E-state index contributed by atoms with van der Waals surface area (Å²) in [5.74, 6) is -0.266. The second-order valence-corrected chi connectivity index (χ2v) is 6.01. The number of carbonyl (C=O) groups is 2. The van der Waals surface area contributed by atoms with E-state index in [2.05, 4.69) is 10.6 Å². The highest BCUT2D eigenvalue weighted by Crippen LogP contribution is 2.24. The number of nitrogens with one attached hydrogen (secondary N) is 2. The van der Waals surface area contributed by atoms with Gasteiger partial charge in [0.05, 0.1) is 23.1 Å². The summed E-state index contributed by atoms with van der Waals surface area (Å²) in [6.07, 6.45) is 2.10. The molecule has 0 heterocycles. The van der Waals surface area contributed by atoms with E-state index in [4.69, 9.17) is 23.2 Å². The van der Waals surface area contributed by atoms with Crippen LogP contribution in [0.4, 0.5) is 5.69 Å². The maximum absolute atomic E-state index is 11.9. The fourth-order valence-corrected chi connectivity index (χ4v) is 2.12. The van der Waals surface area contributed by atoms with Gasteiger partial charge in [0.2, 0.25) is 11.8 Å². The average Bonchev–Trinajstić information content (AvgIpc) is 3.17. The number of rotatable bonds is 6. The molecule has 1 aromatic carbocycles. The SMILES string of the molecule is CN(CC(=O)Nc1ccc(Cl)c(Cl)c1)CC(=O)NC1CC1. The van der Waals surface area contributed by atoms with Crippen LogP contribution in [-0.2, 0) is 9.59 Å². The quantitative estimate of drug-likeness (QED) is 0.840. The van der Waals surface area contributed by atoms with Gasteiger partial charge in [-0.05, 0) is 38.1 Å². The Morgan fingerprint density at radius 1 is 1.19 bits per heavy atom. The summed E-state index contributed by atoms with van der Waals surface area (Å²) < 4.78 is 0. The Labute approximate surface area is 133 Å². The van der Waals surface area contributed by atoms with Crippen molar-refractivity contribution in [3.05, 3.63) is 28.2 Å². The number of anilines is 1. The van der Waals surface area contributed by atoms with Crippen LogP contribution in [0.3, 0.4) is 0 Å². The second kappa shape index (κ2) is 7.11. The molecular formula is C14H17Cl2N3O2. The van der Waals surface area contributed by atoms with Crippen LogP contribution in [0, 0.1) is 0 Å². The predicted octanol–water partition coefficient (Wildman–Crippen LogP) is 2.14. The van der Waals surface area contributed by atoms with Crippen molar-refractivity contribution in [2.75, 3.05) is 25.5 Å². The minimum atomic E-state index is -0.213. The molecule has 21 heavy (non-hydrogen) atoms. The highest BCUT2D eigenvalue weighted by molar-refractivity contribution is 6.42. The average molecular weight is 330 g/mol. The fraction of sp³-hybridized carbons (Fsp3) is 0.429. The molecular weight excluding hydrogens is 313 g/mol. The van der Waals surface area contributed by atoms with Crippen LogP contribution in [0.5, 0.6) is 0 Å². The Kier molecular flexibility index (Phi) is 5.45. The molecule has 7 heteroatoms. The normalized spacial score (nSPS) is 14.1. The molecule has 2 N–H and O–H groups in total. The van der Waals surface area contributed by atoms with Crippen LogP contribution in [0.1, 0.15) is 12.8 Å². The number of carbonyl (C=O) groups excluding carboxylic acids is 2. The van der Waals surface area contributed by atoms with Gasteiger partial charge in [0.15, 0.2) is 0 Å². The third-order valence-electron chi connectivity index (χ3n) is 2.97. The lowest BCUT2D eigenvalue weighted by molar-refractivity contribution is -0.123. The van der Waals surface area contributed by atoms with Gasteiger partial charge in [0.25, 0.3) is 0 Å². The molecule has 0 aliphatic heterocycles. The smallest absolute Gasteiger partial charge is 0.238 e. The van der Waals surface area contributed by atoms with Gasteiger partial charge in [-0.25, -0.2) is 0 Å². The predicted molar refractivity (Wildman–Crippen MR) is 83.8 cm³/mol. The Morgan fingerprint density at radius 3 is 2.48 bits per heavy atom. The van der Waals surface area contributed by atoms with Gasteiger partial charge in [-0.1, -0.05) is 23.2 Å². The summed E-state index contributed by atoms with van der Waals surface area (Å²) in [4.78, 5) is 25.1. The first-order valence-corrected chi connectivity index (χ1v) is 7.42. The molecule has 0 atom stereocenters. The van der Waals surface area contributed by atoms with Crippen LogP contribution in [0.2, 0.25) is 10.0 Å². The first-order chi connectivity index (χ1) is 9.94. The molecule has 114 valence electrons. The summed E-state index contributed by atoms with van der Waals surface area (Å²) >= 11 is 11.7.